The maximum Gasteiger partial charge on any atom is 0.331 e. The molecule has 2 aromatic rings. The molecular weight excluding hydrogens is 488 g/mol. The van der Waals surface area contributed by atoms with E-state index in [2.05, 4.69) is 43.9 Å². The topological polar surface area (TPSA) is 115 Å². The van der Waals surface area contributed by atoms with Gasteiger partial charge in [0.15, 0.2) is 9.92 Å². The zero-order valence-electron chi connectivity index (χ0n) is 17.0. The zero-order valence-corrected chi connectivity index (χ0v) is 20.3. The SMILES string of the molecule is C[C@@H](c1cc(Br)c2c(c1NC(=O)N[S@@](=N)(=O)c1cnc(C(C)(C)O)s1)CC2)C1CC1. The molecule has 162 valence electrons. The Balaban J connectivity index is 1.57. The average Bonchev–Trinajstić information content (AvgIpc) is 3.29. The maximum absolute atomic E-state index is 12.9. The minimum absolute atomic E-state index is 0.102. The molecule has 0 aliphatic heterocycles. The van der Waals surface area contributed by atoms with Gasteiger partial charge in [0.05, 0.1) is 6.20 Å². The summed E-state index contributed by atoms with van der Waals surface area (Å²) >= 11 is 4.62. The number of rotatable bonds is 6. The summed E-state index contributed by atoms with van der Waals surface area (Å²) in [5.74, 6) is 0.940. The van der Waals surface area contributed by atoms with Crippen molar-refractivity contribution in [1.29, 1.82) is 4.78 Å². The molecule has 0 radical (unpaired) electrons. The maximum atomic E-state index is 12.9. The summed E-state index contributed by atoms with van der Waals surface area (Å²) in [5, 5.41) is 13.3. The zero-order chi connectivity index (χ0) is 21.8. The lowest BCUT2D eigenvalue weighted by Crippen LogP contribution is -2.34. The van der Waals surface area contributed by atoms with E-state index in [9.17, 15) is 14.1 Å². The third kappa shape index (κ3) is 4.15. The number of carbonyl (C=O) groups is 1. The first-order valence-corrected chi connectivity index (χ1v) is 13.0. The molecule has 1 aromatic carbocycles. The fourth-order valence-corrected chi connectivity index (χ4v) is 6.52. The van der Waals surface area contributed by atoms with Crippen molar-refractivity contribution in [1.82, 2.24) is 9.71 Å². The van der Waals surface area contributed by atoms with E-state index < -0.39 is 21.5 Å². The number of thiazole rings is 1. The first kappa shape index (κ1) is 21.7. The highest BCUT2D eigenvalue weighted by atomic mass is 79.9. The molecule has 2 atom stereocenters. The number of amides is 2. The number of benzene rings is 1. The standard InChI is InChI=1S/C20H25BrN4O3S2/c1-10(11-4-5-11)14-8-15(21)12-6-7-13(12)17(14)24-19(26)25-30(22,28)16-9-23-18(29-16)20(2,3)27/h8-11,27H,4-7H2,1-3H3,(H3,22,24,25,26,28)/t10-,30-/m1/s1. The predicted octanol–water partition coefficient (Wildman–Crippen LogP) is 4.89. The van der Waals surface area contributed by atoms with Crippen molar-refractivity contribution in [3.05, 3.63) is 38.4 Å². The lowest BCUT2D eigenvalue weighted by molar-refractivity contribution is 0.0783. The first-order valence-electron chi connectivity index (χ1n) is 9.87. The minimum atomic E-state index is -3.60. The third-order valence-electron chi connectivity index (χ3n) is 5.74. The minimum Gasteiger partial charge on any atom is -0.383 e. The van der Waals surface area contributed by atoms with Gasteiger partial charge in [-0.3, -0.25) is 0 Å². The number of anilines is 1. The number of nitrogens with one attached hydrogen (secondary N) is 3. The van der Waals surface area contributed by atoms with Crippen LogP contribution in [0.25, 0.3) is 0 Å². The highest BCUT2D eigenvalue weighted by Crippen LogP contribution is 2.48. The summed E-state index contributed by atoms with van der Waals surface area (Å²) in [5.41, 5.74) is 2.97. The summed E-state index contributed by atoms with van der Waals surface area (Å²) in [6.07, 6.45) is 5.50. The summed E-state index contributed by atoms with van der Waals surface area (Å²) in [7, 11) is -3.60. The lowest BCUT2D eigenvalue weighted by atomic mass is 9.82. The monoisotopic (exact) mass is 512 g/mol. The van der Waals surface area contributed by atoms with Crippen LogP contribution in [0.5, 0.6) is 0 Å². The molecule has 10 heteroatoms. The third-order valence-corrected chi connectivity index (χ3v) is 9.65. The van der Waals surface area contributed by atoms with Crippen molar-refractivity contribution in [2.24, 2.45) is 5.92 Å². The number of hydrogen-bond acceptors (Lipinski definition) is 6. The molecule has 2 aliphatic rings. The Kier molecular flexibility index (Phi) is 5.49. The second-order valence-corrected chi connectivity index (χ2v) is 12.5. The van der Waals surface area contributed by atoms with E-state index in [-0.39, 0.29) is 4.21 Å². The Bertz CT molecular complexity index is 1120. The van der Waals surface area contributed by atoms with Gasteiger partial charge < -0.3 is 10.4 Å². The van der Waals surface area contributed by atoms with Crippen molar-refractivity contribution >= 4 is 48.9 Å². The molecule has 0 unspecified atom stereocenters. The Labute approximate surface area is 188 Å². The second kappa shape index (κ2) is 7.58. The van der Waals surface area contributed by atoms with Gasteiger partial charge in [-0.05, 0) is 74.1 Å². The van der Waals surface area contributed by atoms with Crippen LogP contribution in [0.15, 0.2) is 20.9 Å². The van der Waals surface area contributed by atoms with Gasteiger partial charge in [-0.2, -0.15) is 0 Å². The van der Waals surface area contributed by atoms with Crippen molar-refractivity contribution in [2.45, 2.75) is 62.2 Å². The molecule has 4 rings (SSSR count). The number of halogens is 1. The first-order chi connectivity index (χ1) is 14.0. The Hall–Kier alpha value is -1.49. The van der Waals surface area contributed by atoms with E-state index in [1.54, 1.807) is 13.8 Å². The Morgan fingerprint density at radius 2 is 2.07 bits per heavy atom. The molecule has 0 saturated heterocycles. The molecule has 2 aliphatic carbocycles. The van der Waals surface area contributed by atoms with Gasteiger partial charge in [0.25, 0.3) is 0 Å². The summed E-state index contributed by atoms with van der Waals surface area (Å²) in [6.45, 7) is 5.31. The molecule has 2 amide bonds. The molecular formula is C20H25BrN4O3S2. The average molecular weight is 513 g/mol. The van der Waals surface area contributed by atoms with Gasteiger partial charge in [0, 0.05) is 10.2 Å². The number of urea groups is 1. The summed E-state index contributed by atoms with van der Waals surface area (Å²) in [4.78, 5) is 16.8. The van der Waals surface area contributed by atoms with Gasteiger partial charge in [-0.1, -0.05) is 22.9 Å². The molecule has 1 heterocycles. The van der Waals surface area contributed by atoms with Crippen LogP contribution in [-0.2, 0) is 28.4 Å². The van der Waals surface area contributed by atoms with Gasteiger partial charge in [0.1, 0.15) is 14.8 Å². The van der Waals surface area contributed by atoms with E-state index in [0.29, 0.717) is 16.8 Å². The van der Waals surface area contributed by atoms with Crippen LogP contribution < -0.4 is 10.0 Å². The number of aliphatic hydroxyl groups is 1. The Morgan fingerprint density at radius 1 is 1.40 bits per heavy atom. The number of aromatic nitrogens is 1. The quantitative estimate of drug-likeness (QED) is 0.440. The predicted molar refractivity (Wildman–Crippen MR) is 121 cm³/mol. The van der Waals surface area contributed by atoms with Crippen LogP contribution in [0.3, 0.4) is 0 Å². The summed E-state index contributed by atoms with van der Waals surface area (Å²) in [6, 6.07) is 1.42. The van der Waals surface area contributed by atoms with E-state index in [1.165, 1.54) is 24.6 Å². The van der Waals surface area contributed by atoms with Crippen LogP contribution in [0.4, 0.5) is 10.5 Å². The number of fused-ring (bicyclic) bond motifs is 1. The molecule has 30 heavy (non-hydrogen) atoms. The van der Waals surface area contributed by atoms with Crippen LogP contribution in [0, 0.1) is 10.7 Å². The van der Waals surface area contributed by atoms with Crippen molar-refractivity contribution in [3.63, 3.8) is 0 Å². The van der Waals surface area contributed by atoms with Crippen LogP contribution in [0.2, 0.25) is 0 Å². The largest absolute Gasteiger partial charge is 0.383 e. The molecule has 0 bridgehead atoms. The van der Waals surface area contributed by atoms with E-state index >= 15 is 0 Å². The van der Waals surface area contributed by atoms with Gasteiger partial charge >= 0.3 is 6.03 Å². The molecule has 1 fully saturated rings. The van der Waals surface area contributed by atoms with Crippen molar-refractivity contribution in [3.8, 4) is 0 Å². The molecule has 1 aromatic heterocycles. The number of hydrogen-bond donors (Lipinski definition) is 4. The van der Waals surface area contributed by atoms with Crippen molar-refractivity contribution < 1.29 is 14.1 Å². The number of nitrogens with zero attached hydrogens (tertiary/aromatic N) is 1. The highest BCUT2D eigenvalue weighted by molar-refractivity contribution is 9.10. The molecule has 1 saturated carbocycles. The van der Waals surface area contributed by atoms with E-state index in [4.69, 9.17) is 4.78 Å². The van der Waals surface area contributed by atoms with Crippen LogP contribution in [0.1, 0.15) is 61.2 Å². The van der Waals surface area contributed by atoms with Gasteiger partial charge in [0.2, 0.25) is 0 Å². The van der Waals surface area contributed by atoms with Crippen molar-refractivity contribution in [2.75, 3.05) is 5.32 Å². The van der Waals surface area contributed by atoms with Gasteiger partial charge in [-0.25, -0.2) is 23.5 Å². The fourth-order valence-electron chi connectivity index (χ4n) is 3.74. The molecule has 7 nitrogen and oxygen atoms in total. The molecule has 4 N–H and O–H groups in total. The van der Waals surface area contributed by atoms with E-state index in [1.807, 2.05) is 0 Å². The number of carbonyl (C=O) groups excluding carboxylic acids is 1. The Morgan fingerprint density at radius 3 is 2.60 bits per heavy atom. The second-order valence-electron chi connectivity index (χ2n) is 8.56. The normalized spacial score (nSPS) is 18.7. The van der Waals surface area contributed by atoms with E-state index in [0.717, 1.165) is 45.5 Å². The smallest absolute Gasteiger partial charge is 0.331 e. The lowest BCUT2D eigenvalue weighted by Gasteiger charge is -2.29. The molecule has 0 spiro atoms. The highest BCUT2D eigenvalue weighted by Gasteiger charge is 2.34. The van der Waals surface area contributed by atoms with Crippen LogP contribution in [-0.4, -0.2) is 20.3 Å². The fraction of sp³-hybridized carbons (Fsp3) is 0.500. The van der Waals surface area contributed by atoms with Gasteiger partial charge in [-0.15, -0.1) is 11.3 Å². The van der Waals surface area contributed by atoms with Crippen LogP contribution >= 0.6 is 27.3 Å². The summed E-state index contributed by atoms with van der Waals surface area (Å²) < 4.78 is 24.5.